The molecule has 2 nitrogen and oxygen atoms in total. The van der Waals surface area contributed by atoms with E-state index in [4.69, 9.17) is 0 Å². The maximum Gasteiger partial charge on any atom is 0.431 e. The minimum atomic E-state index is -4.44. The summed E-state index contributed by atoms with van der Waals surface area (Å²) in [6.45, 7) is 0.167. The SMILES string of the molecule is O=C1c2ccccc2CCn2c1ccc2C(F)(F)F. The van der Waals surface area contributed by atoms with Gasteiger partial charge in [-0.15, -0.1) is 0 Å². The maximum atomic E-state index is 12.9. The lowest BCUT2D eigenvalue weighted by Gasteiger charge is -2.12. The third kappa shape index (κ3) is 1.85. The molecular weight excluding hydrogens is 255 g/mol. The van der Waals surface area contributed by atoms with Crippen molar-refractivity contribution in [1.29, 1.82) is 0 Å². The topological polar surface area (TPSA) is 22.0 Å². The number of nitrogens with zero attached hydrogens (tertiary/aromatic N) is 1. The molecule has 3 rings (SSSR count). The Morgan fingerprint density at radius 1 is 1.05 bits per heavy atom. The minimum Gasteiger partial charge on any atom is -0.334 e. The molecule has 0 saturated heterocycles. The first-order valence-electron chi connectivity index (χ1n) is 5.88. The van der Waals surface area contributed by atoms with Crippen LogP contribution >= 0.6 is 0 Å². The number of halogens is 3. The molecule has 0 aliphatic carbocycles. The van der Waals surface area contributed by atoms with Crippen LogP contribution in [0.25, 0.3) is 0 Å². The summed E-state index contributed by atoms with van der Waals surface area (Å²) in [5.41, 5.74) is 0.637. The molecule has 2 heterocycles. The van der Waals surface area contributed by atoms with Gasteiger partial charge in [0, 0.05) is 12.1 Å². The van der Waals surface area contributed by atoms with Crippen LogP contribution in [0.15, 0.2) is 36.4 Å². The van der Waals surface area contributed by atoms with Crippen molar-refractivity contribution in [1.82, 2.24) is 4.57 Å². The van der Waals surface area contributed by atoms with E-state index in [9.17, 15) is 18.0 Å². The van der Waals surface area contributed by atoms with Crippen LogP contribution in [-0.2, 0) is 19.1 Å². The van der Waals surface area contributed by atoms with Crippen molar-refractivity contribution >= 4 is 5.78 Å². The molecule has 0 atom stereocenters. The Kier molecular flexibility index (Phi) is 2.52. The van der Waals surface area contributed by atoms with Gasteiger partial charge in [-0.25, -0.2) is 0 Å². The summed E-state index contributed by atoms with van der Waals surface area (Å²) in [6, 6.07) is 9.19. The highest BCUT2D eigenvalue weighted by molar-refractivity contribution is 6.09. The van der Waals surface area contributed by atoms with Crippen molar-refractivity contribution in [2.75, 3.05) is 0 Å². The highest BCUT2D eigenvalue weighted by Crippen LogP contribution is 2.33. The maximum absolute atomic E-state index is 12.9. The predicted octanol–water partition coefficient (Wildman–Crippen LogP) is 3.29. The molecule has 1 aliphatic heterocycles. The number of hydrogen-bond acceptors (Lipinski definition) is 1. The largest absolute Gasteiger partial charge is 0.431 e. The Morgan fingerprint density at radius 3 is 2.53 bits per heavy atom. The molecule has 0 N–H and O–H groups in total. The third-order valence-corrected chi connectivity index (χ3v) is 3.37. The number of ketones is 1. The first-order chi connectivity index (χ1) is 8.98. The van der Waals surface area contributed by atoms with E-state index in [0.717, 1.165) is 16.2 Å². The lowest BCUT2D eigenvalue weighted by molar-refractivity contribution is -0.143. The first-order valence-corrected chi connectivity index (χ1v) is 5.88. The normalized spacial score (nSPS) is 14.8. The van der Waals surface area contributed by atoms with Crippen LogP contribution in [0.3, 0.4) is 0 Å². The van der Waals surface area contributed by atoms with E-state index in [1.54, 1.807) is 24.3 Å². The van der Waals surface area contributed by atoms with Gasteiger partial charge in [0.25, 0.3) is 0 Å². The molecule has 98 valence electrons. The Balaban J connectivity index is 2.16. The summed E-state index contributed by atoms with van der Waals surface area (Å²) in [5.74, 6) is -0.344. The zero-order valence-corrected chi connectivity index (χ0v) is 9.87. The van der Waals surface area contributed by atoms with E-state index in [0.29, 0.717) is 12.0 Å². The summed E-state index contributed by atoms with van der Waals surface area (Å²) >= 11 is 0. The molecule has 0 bridgehead atoms. The van der Waals surface area contributed by atoms with Crippen LogP contribution in [-0.4, -0.2) is 10.4 Å². The highest BCUT2D eigenvalue weighted by atomic mass is 19.4. The minimum absolute atomic E-state index is 0.109. The second-order valence-electron chi connectivity index (χ2n) is 4.49. The fourth-order valence-electron chi connectivity index (χ4n) is 2.48. The number of benzene rings is 1. The van der Waals surface area contributed by atoms with E-state index < -0.39 is 11.9 Å². The van der Waals surface area contributed by atoms with Crippen molar-refractivity contribution in [3.05, 3.63) is 58.9 Å². The van der Waals surface area contributed by atoms with Gasteiger partial charge in [0.15, 0.2) is 0 Å². The Labute approximate surface area is 107 Å². The molecular formula is C14H10F3NO. The number of carbonyl (C=O) groups is 1. The molecule has 0 saturated carbocycles. The fourth-order valence-corrected chi connectivity index (χ4v) is 2.48. The van der Waals surface area contributed by atoms with E-state index in [2.05, 4.69) is 0 Å². The molecule has 0 amide bonds. The number of aromatic nitrogens is 1. The van der Waals surface area contributed by atoms with Crippen LogP contribution in [0.2, 0.25) is 0 Å². The Morgan fingerprint density at radius 2 is 1.79 bits per heavy atom. The Bertz CT molecular complexity index is 655. The van der Waals surface area contributed by atoms with Gasteiger partial charge in [0.2, 0.25) is 5.78 Å². The second-order valence-corrected chi connectivity index (χ2v) is 4.49. The zero-order chi connectivity index (χ0) is 13.6. The van der Waals surface area contributed by atoms with Crippen LogP contribution in [0.5, 0.6) is 0 Å². The summed E-state index contributed by atoms with van der Waals surface area (Å²) in [5, 5.41) is 0. The number of rotatable bonds is 0. The molecule has 0 spiro atoms. The lowest BCUT2D eigenvalue weighted by Crippen LogP contribution is -2.16. The molecule has 1 aromatic heterocycles. The molecule has 0 fully saturated rings. The lowest BCUT2D eigenvalue weighted by atomic mass is 10.0. The number of fused-ring (bicyclic) bond motifs is 2. The van der Waals surface area contributed by atoms with Gasteiger partial charge in [-0.05, 0) is 24.1 Å². The summed E-state index contributed by atoms with van der Waals surface area (Å²) < 4.78 is 39.7. The predicted molar refractivity (Wildman–Crippen MR) is 63.0 cm³/mol. The van der Waals surface area contributed by atoms with Crippen molar-refractivity contribution in [2.45, 2.75) is 19.1 Å². The Hall–Kier alpha value is -2.04. The molecule has 1 aliphatic rings. The van der Waals surface area contributed by atoms with Crippen molar-refractivity contribution in [3.8, 4) is 0 Å². The molecule has 0 unspecified atom stereocenters. The van der Waals surface area contributed by atoms with Crippen LogP contribution in [0.1, 0.15) is 27.3 Å². The standard InChI is InChI=1S/C14H10F3NO/c15-14(16,17)12-6-5-11-13(19)10-4-2-1-3-9(10)7-8-18(11)12/h1-6H,7-8H2. The number of aryl methyl sites for hydroxylation is 1. The zero-order valence-electron chi connectivity index (χ0n) is 9.87. The number of alkyl halides is 3. The molecule has 2 aromatic rings. The van der Waals surface area contributed by atoms with Gasteiger partial charge >= 0.3 is 6.18 Å². The van der Waals surface area contributed by atoms with Gasteiger partial charge < -0.3 is 4.57 Å². The fraction of sp³-hybridized carbons (Fsp3) is 0.214. The monoisotopic (exact) mass is 265 g/mol. The molecule has 5 heteroatoms. The van der Waals surface area contributed by atoms with Gasteiger partial charge in [0.05, 0.1) is 5.69 Å². The van der Waals surface area contributed by atoms with Gasteiger partial charge in [-0.2, -0.15) is 13.2 Å². The molecule has 1 aromatic carbocycles. The van der Waals surface area contributed by atoms with E-state index >= 15 is 0 Å². The van der Waals surface area contributed by atoms with Crippen molar-refractivity contribution in [3.63, 3.8) is 0 Å². The quantitative estimate of drug-likeness (QED) is 0.716. The summed E-state index contributed by atoms with van der Waals surface area (Å²) in [6.07, 6.45) is -4.01. The van der Waals surface area contributed by atoms with Gasteiger partial charge in [-0.1, -0.05) is 24.3 Å². The van der Waals surface area contributed by atoms with Crippen molar-refractivity contribution < 1.29 is 18.0 Å². The summed E-state index contributed by atoms with van der Waals surface area (Å²) in [4.78, 5) is 12.3. The second kappa shape index (κ2) is 3.98. The van der Waals surface area contributed by atoms with Gasteiger partial charge in [-0.3, -0.25) is 4.79 Å². The first kappa shape index (κ1) is 12.0. The van der Waals surface area contributed by atoms with Crippen LogP contribution in [0.4, 0.5) is 13.2 Å². The summed E-state index contributed by atoms with van der Waals surface area (Å²) in [7, 11) is 0. The van der Waals surface area contributed by atoms with E-state index in [1.807, 2.05) is 0 Å². The highest BCUT2D eigenvalue weighted by Gasteiger charge is 2.36. The van der Waals surface area contributed by atoms with Crippen molar-refractivity contribution in [2.24, 2.45) is 0 Å². The van der Waals surface area contributed by atoms with Crippen LogP contribution < -0.4 is 0 Å². The third-order valence-electron chi connectivity index (χ3n) is 3.37. The number of hydrogen-bond donors (Lipinski definition) is 0. The number of carbonyl (C=O) groups excluding carboxylic acids is 1. The van der Waals surface area contributed by atoms with E-state index in [-0.39, 0.29) is 18.0 Å². The molecule has 0 radical (unpaired) electrons. The van der Waals surface area contributed by atoms with Crippen LogP contribution in [0, 0.1) is 0 Å². The van der Waals surface area contributed by atoms with E-state index in [1.165, 1.54) is 6.07 Å². The van der Waals surface area contributed by atoms with Gasteiger partial charge in [0.1, 0.15) is 5.69 Å². The average Bonchev–Trinajstić information content (AvgIpc) is 2.74. The smallest absolute Gasteiger partial charge is 0.334 e. The molecule has 19 heavy (non-hydrogen) atoms. The average molecular weight is 265 g/mol.